The molecule has 2 aliphatic rings. The Labute approximate surface area is 116 Å². The van der Waals surface area contributed by atoms with Crippen LogP contribution in [-0.4, -0.2) is 50.2 Å². The Morgan fingerprint density at radius 1 is 1.21 bits per heavy atom. The molecule has 0 aromatic rings. The Morgan fingerprint density at radius 2 is 2.05 bits per heavy atom. The maximum Gasteiger partial charge on any atom is 0.0616 e. The quantitative estimate of drug-likeness (QED) is 0.594. The summed E-state index contributed by atoms with van der Waals surface area (Å²) in [5.74, 6) is 0.570. The van der Waals surface area contributed by atoms with Gasteiger partial charge in [0.25, 0.3) is 0 Å². The Bertz CT molecular complexity index is 258. The van der Waals surface area contributed by atoms with Gasteiger partial charge >= 0.3 is 0 Å². The van der Waals surface area contributed by atoms with Crippen molar-refractivity contribution in [3.05, 3.63) is 0 Å². The molecule has 2 rings (SSSR count). The molecule has 2 N–H and O–H groups in total. The molecular formula is C15H29NO3. The summed E-state index contributed by atoms with van der Waals surface area (Å²) in [4.78, 5) is 0. The number of aliphatic hydroxyl groups excluding tert-OH is 1. The van der Waals surface area contributed by atoms with Crippen LogP contribution in [0.2, 0.25) is 0 Å². The smallest absolute Gasteiger partial charge is 0.0616 e. The van der Waals surface area contributed by atoms with E-state index in [1.165, 1.54) is 25.7 Å². The number of aliphatic hydroxyl groups is 1. The minimum atomic E-state index is -0.0168. The molecule has 4 nitrogen and oxygen atoms in total. The third kappa shape index (κ3) is 4.42. The molecule has 2 saturated carbocycles. The van der Waals surface area contributed by atoms with Crippen LogP contribution < -0.4 is 5.32 Å². The highest BCUT2D eigenvalue weighted by Gasteiger charge is 2.44. The molecule has 0 heterocycles. The number of hydrogen-bond donors (Lipinski definition) is 2. The van der Waals surface area contributed by atoms with Crippen LogP contribution in [0.25, 0.3) is 0 Å². The molecule has 112 valence electrons. The molecule has 0 radical (unpaired) electrons. The molecule has 2 unspecified atom stereocenters. The minimum Gasteiger partial charge on any atom is -0.394 e. The molecule has 2 aliphatic carbocycles. The highest BCUT2D eigenvalue weighted by molar-refractivity contribution is 5.02. The van der Waals surface area contributed by atoms with Gasteiger partial charge in [-0.15, -0.1) is 0 Å². The summed E-state index contributed by atoms with van der Waals surface area (Å²) >= 11 is 0. The van der Waals surface area contributed by atoms with Gasteiger partial charge in [-0.05, 0) is 44.4 Å². The molecule has 0 aromatic carbocycles. The first-order valence-electron chi connectivity index (χ1n) is 7.76. The van der Waals surface area contributed by atoms with Crippen molar-refractivity contribution in [3.63, 3.8) is 0 Å². The number of ether oxygens (including phenoxy) is 2. The summed E-state index contributed by atoms with van der Waals surface area (Å²) in [7, 11) is 1.72. The Kier molecular flexibility index (Phi) is 6.07. The second kappa shape index (κ2) is 7.58. The van der Waals surface area contributed by atoms with Crippen LogP contribution in [0.5, 0.6) is 0 Å². The monoisotopic (exact) mass is 271 g/mol. The molecule has 0 aromatic heterocycles. The van der Waals surface area contributed by atoms with E-state index in [0.717, 1.165) is 39.1 Å². The fraction of sp³-hybridized carbons (Fsp3) is 1.00. The van der Waals surface area contributed by atoms with E-state index in [9.17, 15) is 5.11 Å². The molecule has 0 spiro atoms. The number of methoxy groups -OCH3 is 1. The molecule has 2 fully saturated rings. The van der Waals surface area contributed by atoms with Crippen LogP contribution in [0.15, 0.2) is 0 Å². The first-order chi connectivity index (χ1) is 9.30. The van der Waals surface area contributed by atoms with Crippen molar-refractivity contribution in [3.8, 4) is 0 Å². The van der Waals surface area contributed by atoms with Crippen molar-refractivity contribution in [2.45, 2.75) is 56.5 Å². The Hall–Kier alpha value is -0.160. The van der Waals surface area contributed by atoms with Crippen LogP contribution in [-0.2, 0) is 9.47 Å². The second-order valence-corrected chi connectivity index (χ2v) is 6.07. The zero-order valence-corrected chi connectivity index (χ0v) is 12.2. The van der Waals surface area contributed by atoms with Crippen molar-refractivity contribution in [2.75, 3.05) is 33.5 Å². The van der Waals surface area contributed by atoms with E-state index in [2.05, 4.69) is 5.32 Å². The fourth-order valence-corrected chi connectivity index (χ4v) is 3.28. The number of rotatable bonds is 10. The van der Waals surface area contributed by atoms with E-state index in [-0.39, 0.29) is 12.1 Å². The van der Waals surface area contributed by atoms with Gasteiger partial charge in [-0.1, -0.05) is 6.42 Å². The van der Waals surface area contributed by atoms with Crippen molar-refractivity contribution >= 4 is 0 Å². The third-order valence-electron chi connectivity index (χ3n) is 4.56. The molecule has 0 saturated heterocycles. The summed E-state index contributed by atoms with van der Waals surface area (Å²) in [5.41, 5.74) is -0.0168. The van der Waals surface area contributed by atoms with Gasteiger partial charge in [0.2, 0.25) is 0 Å². The average Bonchev–Trinajstić information content (AvgIpc) is 3.14. The first kappa shape index (κ1) is 15.2. The summed E-state index contributed by atoms with van der Waals surface area (Å²) in [5, 5.41) is 13.5. The lowest BCUT2D eigenvalue weighted by Gasteiger charge is -2.35. The van der Waals surface area contributed by atoms with Gasteiger partial charge in [-0.25, -0.2) is 0 Å². The van der Waals surface area contributed by atoms with Crippen LogP contribution in [0.4, 0.5) is 0 Å². The van der Waals surface area contributed by atoms with Gasteiger partial charge in [-0.2, -0.15) is 0 Å². The van der Waals surface area contributed by atoms with Crippen molar-refractivity contribution in [1.82, 2.24) is 5.32 Å². The summed E-state index contributed by atoms with van der Waals surface area (Å²) in [6, 6.07) is 0.662. The van der Waals surface area contributed by atoms with Gasteiger partial charge in [0, 0.05) is 38.5 Å². The summed E-state index contributed by atoms with van der Waals surface area (Å²) < 4.78 is 10.7. The van der Waals surface area contributed by atoms with Gasteiger partial charge in [-0.3, -0.25) is 0 Å². The lowest BCUT2D eigenvalue weighted by atomic mass is 9.85. The lowest BCUT2D eigenvalue weighted by Crippen LogP contribution is -2.52. The highest BCUT2D eigenvalue weighted by atomic mass is 16.5. The Morgan fingerprint density at radius 3 is 2.74 bits per heavy atom. The predicted octanol–water partition coefficient (Wildman–Crippen LogP) is 1.71. The second-order valence-electron chi connectivity index (χ2n) is 6.07. The van der Waals surface area contributed by atoms with E-state index in [4.69, 9.17) is 9.47 Å². The molecule has 0 aliphatic heterocycles. The molecule has 4 heteroatoms. The van der Waals surface area contributed by atoms with E-state index in [1.54, 1.807) is 7.11 Å². The average molecular weight is 271 g/mol. The number of nitrogens with one attached hydrogen (secondary N) is 1. The number of hydrogen-bond acceptors (Lipinski definition) is 4. The van der Waals surface area contributed by atoms with Gasteiger partial charge in [0.1, 0.15) is 0 Å². The molecule has 2 atom stereocenters. The summed E-state index contributed by atoms with van der Waals surface area (Å²) in [6.45, 7) is 2.64. The molecule has 0 bridgehead atoms. The van der Waals surface area contributed by atoms with Crippen LogP contribution in [0.3, 0.4) is 0 Å². The highest BCUT2D eigenvalue weighted by Crippen LogP contribution is 2.40. The van der Waals surface area contributed by atoms with Crippen molar-refractivity contribution in [1.29, 1.82) is 0 Å². The van der Waals surface area contributed by atoms with Crippen LogP contribution >= 0.6 is 0 Å². The molecule has 0 amide bonds. The molecular weight excluding hydrogens is 242 g/mol. The zero-order valence-electron chi connectivity index (χ0n) is 12.2. The first-order valence-corrected chi connectivity index (χ1v) is 7.76. The van der Waals surface area contributed by atoms with Crippen molar-refractivity contribution < 1.29 is 14.6 Å². The van der Waals surface area contributed by atoms with Crippen molar-refractivity contribution in [2.24, 2.45) is 5.92 Å². The Balaban J connectivity index is 1.68. The SMILES string of the molecule is COCCCOCCC1CCCC1(CO)NC1CC1. The maximum absolute atomic E-state index is 9.82. The maximum atomic E-state index is 9.82. The van der Waals surface area contributed by atoms with E-state index >= 15 is 0 Å². The predicted molar refractivity (Wildman–Crippen MR) is 75.2 cm³/mol. The fourth-order valence-electron chi connectivity index (χ4n) is 3.28. The standard InChI is InChI=1S/C15H29NO3/c1-18-9-3-10-19-11-7-13-4-2-8-15(13,12-17)16-14-5-6-14/h13-14,16-17H,2-12H2,1H3. The third-order valence-corrected chi connectivity index (χ3v) is 4.56. The summed E-state index contributed by atoms with van der Waals surface area (Å²) in [6.07, 6.45) is 8.16. The lowest BCUT2D eigenvalue weighted by molar-refractivity contribution is 0.0680. The van der Waals surface area contributed by atoms with Crippen LogP contribution in [0.1, 0.15) is 44.9 Å². The topological polar surface area (TPSA) is 50.7 Å². The zero-order chi connectivity index (χ0) is 13.6. The largest absolute Gasteiger partial charge is 0.394 e. The molecule has 19 heavy (non-hydrogen) atoms. The van der Waals surface area contributed by atoms with E-state index < -0.39 is 0 Å². The van der Waals surface area contributed by atoms with Gasteiger partial charge < -0.3 is 19.9 Å². The van der Waals surface area contributed by atoms with Gasteiger partial charge in [0.15, 0.2) is 0 Å². The minimum absolute atomic E-state index is 0.0168. The van der Waals surface area contributed by atoms with Crippen LogP contribution in [0, 0.1) is 5.92 Å². The van der Waals surface area contributed by atoms with E-state index in [1.807, 2.05) is 0 Å². The normalized spacial score (nSPS) is 30.9. The van der Waals surface area contributed by atoms with Gasteiger partial charge in [0.05, 0.1) is 6.61 Å². The van der Waals surface area contributed by atoms with E-state index in [0.29, 0.717) is 12.0 Å².